The molecule has 0 bridgehead atoms. The molecule has 4 atom stereocenters. The fourth-order valence-electron chi connectivity index (χ4n) is 4.37. The van der Waals surface area contributed by atoms with Crippen molar-refractivity contribution in [1.82, 2.24) is 5.32 Å². The summed E-state index contributed by atoms with van der Waals surface area (Å²) in [6, 6.07) is 7.41. The zero-order chi connectivity index (χ0) is 23.7. The van der Waals surface area contributed by atoms with E-state index < -0.39 is 12.1 Å². The highest BCUT2D eigenvalue weighted by atomic mass is 16.8. The maximum absolute atomic E-state index is 12.4. The summed E-state index contributed by atoms with van der Waals surface area (Å²) in [5.41, 5.74) is 1.89. The number of unbranched alkanes of at least 4 members (excludes halogenated alkanes) is 7. The zero-order valence-corrected chi connectivity index (χ0v) is 20.7. The van der Waals surface area contributed by atoms with Gasteiger partial charge in [0.15, 0.2) is 12.1 Å². The maximum atomic E-state index is 12.4. The number of amides is 2. The molecule has 0 unspecified atom stereocenters. The van der Waals surface area contributed by atoms with Crippen molar-refractivity contribution in [2.75, 3.05) is 18.5 Å². The number of ether oxygens (including phenoxy) is 4. The number of anilines is 1. The molecule has 3 rings (SSSR count). The van der Waals surface area contributed by atoms with Gasteiger partial charge in [0.1, 0.15) is 18.3 Å². The van der Waals surface area contributed by atoms with Crippen molar-refractivity contribution in [3.8, 4) is 0 Å². The summed E-state index contributed by atoms with van der Waals surface area (Å²) in [6.07, 6.45) is 8.64. The van der Waals surface area contributed by atoms with Crippen molar-refractivity contribution in [2.45, 2.75) is 109 Å². The van der Waals surface area contributed by atoms with Crippen LogP contribution in [0, 0.1) is 6.92 Å². The lowest BCUT2D eigenvalue weighted by atomic mass is 10.1. The van der Waals surface area contributed by atoms with Gasteiger partial charge in [0.2, 0.25) is 0 Å². The van der Waals surface area contributed by atoms with E-state index in [1.54, 1.807) is 0 Å². The Morgan fingerprint density at radius 2 is 1.67 bits per heavy atom. The highest BCUT2D eigenvalue weighted by Gasteiger charge is 2.55. The molecule has 1 aromatic rings. The molecule has 1 aromatic carbocycles. The second kappa shape index (κ2) is 12.7. The lowest BCUT2D eigenvalue weighted by molar-refractivity contribution is -0.217. The lowest BCUT2D eigenvalue weighted by Gasteiger charge is -2.26. The summed E-state index contributed by atoms with van der Waals surface area (Å²) < 4.78 is 24.2. The van der Waals surface area contributed by atoms with Crippen LogP contribution in [-0.2, 0) is 18.9 Å². The summed E-state index contributed by atoms with van der Waals surface area (Å²) in [7, 11) is 0. The molecule has 0 spiro atoms. The van der Waals surface area contributed by atoms with Gasteiger partial charge in [0.25, 0.3) is 0 Å². The monoisotopic (exact) mass is 462 g/mol. The van der Waals surface area contributed by atoms with Crippen LogP contribution < -0.4 is 10.6 Å². The van der Waals surface area contributed by atoms with E-state index in [9.17, 15) is 4.79 Å². The number of carbonyl (C=O) groups is 1. The minimum atomic E-state index is -0.698. The van der Waals surface area contributed by atoms with E-state index in [0.29, 0.717) is 13.2 Å². The van der Waals surface area contributed by atoms with E-state index in [1.165, 1.54) is 44.9 Å². The van der Waals surface area contributed by atoms with Gasteiger partial charge in [0, 0.05) is 18.8 Å². The molecule has 7 heteroatoms. The van der Waals surface area contributed by atoms with Gasteiger partial charge in [-0.2, -0.15) is 0 Å². The number of urea groups is 1. The molecular weight excluding hydrogens is 420 g/mol. The maximum Gasteiger partial charge on any atom is 0.319 e. The smallest absolute Gasteiger partial charge is 0.319 e. The molecule has 2 N–H and O–H groups in total. The standard InChI is InChI=1S/C26H42N2O5/c1-5-6-7-8-9-10-11-12-17-30-22-21(31-24-23(22)32-26(3,4)33-24)18-27-25(29)28-20-15-13-19(2)14-16-20/h13-16,21-24H,5-12,17-18H2,1-4H3,(H2,27,28,29)/t21-,22-,23-,24-/m1/s1. The average molecular weight is 463 g/mol. The summed E-state index contributed by atoms with van der Waals surface area (Å²) in [4.78, 5) is 12.4. The van der Waals surface area contributed by atoms with Crippen LogP contribution >= 0.6 is 0 Å². The summed E-state index contributed by atoms with van der Waals surface area (Å²) in [6.45, 7) is 8.99. The fourth-order valence-corrected chi connectivity index (χ4v) is 4.37. The first-order chi connectivity index (χ1) is 15.9. The number of hydrogen-bond donors (Lipinski definition) is 2. The molecule has 7 nitrogen and oxygen atoms in total. The first kappa shape index (κ1) is 25.9. The van der Waals surface area contributed by atoms with Gasteiger partial charge in [-0.05, 0) is 39.3 Å². The predicted molar refractivity (Wildman–Crippen MR) is 129 cm³/mol. The van der Waals surface area contributed by atoms with Gasteiger partial charge in [0.05, 0.1) is 0 Å². The average Bonchev–Trinajstić information content (AvgIpc) is 3.24. The van der Waals surface area contributed by atoms with E-state index in [2.05, 4.69) is 17.6 Å². The van der Waals surface area contributed by atoms with E-state index in [1.807, 2.05) is 45.0 Å². The van der Waals surface area contributed by atoms with Crippen LogP contribution in [0.15, 0.2) is 24.3 Å². The molecular formula is C26H42N2O5. The Hall–Kier alpha value is -1.67. The van der Waals surface area contributed by atoms with Crippen LogP contribution in [-0.4, -0.2) is 49.6 Å². The molecule has 0 aromatic heterocycles. The van der Waals surface area contributed by atoms with Crippen LogP contribution in [0.3, 0.4) is 0 Å². The largest absolute Gasteiger partial charge is 0.373 e. The number of rotatable bonds is 13. The molecule has 0 radical (unpaired) electrons. The minimum Gasteiger partial charge on any atom is -0.373 e. The van der Waals surface area contributed by atoms with E-state index in [0.717, 1.165) is 17.7 Å². The number of fused-ring (bicyclic) bond motifs is 1. The van der Waals surface area contributed by atoms with Gasteiger partial charge >= 0.3 is 6.03 Å². The molecule has 2 aliphatic rings. The number of nitrogens with one attached hydrogen (secondary N) is 2. The first-order valence-corrected chi connectivity index (χ1v) is 12.6. The lowest BCUT2D eigenvalue weighted by Crippen LogP contribution is -2.44. The topological polar surface area (TPSA) is 78.1 Å². The molecule has 0 aliphatic carbocycles. The highest BCUT2D eigenvalue weighted by Crippen LogP contribution is 2.38. The van der Waals surface area contributed by atoms with Crippen molar-refractivity contribution in [3.63, 3.8) is 0 Å². The summed E-state index contributed by atoms with van der Waals surface area (Å²) in [5, 5.41) is 5.74. The van der Waals surface area contributed by atoms with Crippen LogP contribution in [0.25, 0.3) is 0 Å². The molecule has 0 saturated carbocycles. The first-order valence-electron chi connectivity index (χ1n) is 12.6. The Morgan fingerprint density at radius 3 is 2.36 bits per heavy atom. The van der Waals surface area contributed by atoms with Crippen molar-refractivity contribution in [2.24, 2.45) is 0 Å². The number of hydrogen-bond acceptors (Lipinski definition) is 5. The van der Waals surface area contributed by atoms with E-state index in [4.69, 9.17) is 18.9 Å². The number of benzene rings is 1. The molecule has 2 amide bonds. The molecule has 2 fully saturated rings. The normalized spacial score (nSPS) is 25.7. The SMILES string of the molecule is CCCCCCCCCCO[C@H]1[C@H]2OC(C)(C)O[C@H]2O[C@@H]1CNC(=O)Nc1ccc(C)cc1. The van der Waals surface area contributed by atoms with Crippen molar-refractivity contribution in [3.05, 3.63) is 29.8 Å². The molecule has 186 valence electrons. The predicted octanol–water partition coefficient (Wildman–Crippen LogP) is 5.52. The Bertz CT molecular complexity index is 724. The third-order valence-electron chi connectivity index (χ3n) is 6.17. The second-order valence-corrected chi connectivity index (χ2v) is 9.65. The second-order valence-electron chi connectivity index (χ2n) is 9.65. The minimum absolute atomic E-state index is 0.275. The molecule has 2 saturated heterocycles. The highest BCUT2D eigenvalue weighted by molar-refractivity contribution is 5.89. The van der Waals surface area contributed by atoms with Crippen molar-refractivity contribution < 1.29 is 23.7 Å². The van der Waals surface area contributed by atoms with Gasteiger partial charge < -0.3 is 29.6 Å². The van der Waals surface area contributed by atoms with Gasteiger partial charge in [-0.1, -0.05) is 69.6 Å². The molecule has 2 heterocycles. The molecule has 2 aliphatic heterocycles. The van der Waals surface area contributed by atoms with E-state index in [-0.39, 0.29) is 24.3 Å². The Kier molecular flexibility index (Phi) is 9.98. The van der Waals surface area contributed by atoms with Crippen LogP contribution in [0.2, 0.25) is 0 Å². The third kappa shape index (κ3) is 8.25. The summed E-state index contributed by atoms with van der Waals surface area (Å²) in [5.74, 6) is -0.698. The van der Waals surface area contributed by atoms with Crippen molar-refractivity contribution in [1.29, 1.82) is 0 Å². The van der Waals surface area contributed by atoms with Crippen LogP contribution in [0.4, 0.5) is 10.5 Å². The Morgan fingerprint density at radius 1 is 1.00 bits per heavy atom. The van der Waals surface area contributed by atoms with Gasteiger partial charge in [-0.3, -0.25) is 0 Å². The van der Waals surface area contributed by atoms with Crippen LogP contribution in [0.1, 0.15) is 77.7 Å². The van der Waals surface area contributed by atoms with Crippen LogP contribution in [0.5, 0.6) is 0 Å². The van der Waals surface area contributed by atoms with Gasteiger partial charge in [-0.15, -0.1) is 0 Å². The molecule has 33 heavy (non-hydrogen) atoms. The Balaban J connectivity index is 1.42. The van der Waals surface area contributed by atoms with Gasteiger partial charge in [-0.25, -0.2) is 4.79 Å². The summed E-state index contributed by atoms with van der Waals surface area (Å²) >= 11 is 0. The number of carbonyl (C=O) groups excluding carboxylic acids is 1. The Labute approximate surface area is 198 Å². The van der Waals surface area contributed by atoms with Crippen molar-refractivity contribution >= 4 is 11.7 Å². The third-order valence-corrected chi connectivity index (χ3v) is 6.17. The fraction of sp³-hybridized carbons (Fsp3) is 0.731. The van der Waals surface area contributed by atoms with E-state index >= 15 is 0 Å². The zero-order valence-electron chi connectivity index (χ0n) is 20.7. The quantitative estimate of drug-likeness (QED) is 0.378. The number of aryl methyl sites for hydroxylation is 1.